The lowest BCUT2D eigenvalue weighted by Crippen LogP contribution is -2.34. The number of anilines is 1. The fourth-order valence-electron chi connectivity index (χ4n) is 2.55. The average molecular weight is 332 g/mol. The normalized spacial score (nSPS) is 16.7. The predicted molar refractivity (Wildman–Crippen MR) is 90.8 cm³/mol. The third-order valence-corrected chi connectivity index (χ3v) is 4.80. The van der Waals surface area contributed by atoms with E-state index in [1.54, 1.807) is 24.2 Å². The number of carbonyl (C=O) groups excluding carboxylic acids is 1. The van der Waals surface area contributed by atoms with Crippen molar-refractivity contribution in [2.24, 2.45) is 0 Å². The Hall–Kier alpha value is -1.99. The first kappa shape index (κ1) is 15.9. The summed E-state index contributed by atoms with van der Waals surface area (Å²) in [6.07, 6.45) is 4.37. The van der Waals surface area contributed by atoms with Gasteiger partial charge in [-0.2, -0.15) is 5.10 Å². The van der Waals surface area contributed by atoms with Gasteiger partial charge in [-0.1, -0.05) is 18.2 Å². The van der Waals surface area contributed by atoms with Gasteiger partial charge in [0.05, 0.1) is 31.1 Å². The van der Waals surface area contributed by atoms with Crippen molar-refractivity contribution in [2.75, 3.05) is 24.8 Å². The van der Waals surface area contributed by atoms with Crippen molar-refractivity contribution in [3.63, 3.8) is 0 Å². The number of carbonyl (C=O) groups is 1. The van der Waals surface area contributed by atoms with Crippen LogP contribution in [0.3, 0.4) is 0 Å². The highest BCUT2D eigenvalue weighted by atomic mass is 32.2. The smallest absolute Gasteiger partial charge is 0.319 e. The monoisotopic (exact) mass is 332 g/mol. The first-order chi connectivity index (χ1) is 11.3. The number of hydrogen-bond donors (Lipinski definition) is 2. The minimum Gasteiger partial charge on any atom is -0.383 e. The molecule has 3 rings (SSSR count). The summed E-state index contributed by atoms with van der Waals surface area (Å²) in [4.78, 5) is 13.5. The molecule has 1 aliphatic rings. The van der Waals surface area contributed by atoms with E-state index in [2.05, 4.69) is 27.9 Å². The molecule has 2 amide bonds. The summed E-state index contributed by atoms with van der Waals surface area (Å²) in [5, 5.41) is 10.1. The van der Waals surface area contributed by atoms with Crippen molar-refractivity contribution in [2.45, 2.75) is 23.9 Å². The number of nitrogens with zero attached hydrogens (tertiary/aromatic N) is 2. The highest BCUT2D eigenvalue weighted by Crippen LogP contribution is 2.35. The van der Waals surface area contributed by atoms with Crippen molar-refractivity contribution in [3.8, 4) is 0 Å². The van der Waals surface area contributed by atoms with Gasteiger partial charge in [0.2, 0.25) is 0 Å². The van der Waals surface area contributed by atoms with E-state index in [0.717, 1.165) is 12.2 Å². The highest BCUT2D eigenvalue weighted by Gasteiger charge is 2.21. The van der Waals surface area contributed by atoms with Crippen LogP contribution >= 0.6 is 11.8 Å². The van der Waals surface area contributed by atoms with E-state index in [9.17, 15) is 4.79 Å². The van der Waals surface area contributed by atoms with Crippen LogP contribution in [0, 0.1) is 0 Å². The van der Waals surface area contributed by atoms with Crippen LogP contribution in [0.4, 0.5) is 10.5 Å². The summed E-state index contributed by atoms with van der Waals surface area (Å²) in [5.74, 6) is 1.01. The van der Waals surface area contributed by atoms with E-state index in [1.165, 1.54) is 10.5 Å². The van der Waals surface area contributed by atoms with Gasteiger partial charge in [-0.05, 0) is 18.1 Å². The number of thioether (sulfide) groups is 1. The SMILES string of the molecule is COCCn1cc(NC(=O)N[C@H]2CCSc3ccccc32)cn1. The lowest BCUT2D eigenvalue weighted by Gasteiger charge is -2.25. The second-order valence-corrected chi connectivity index (χ2v) is 6.45. The zero-order valence-corrected chi connectivity index (χ0v) is 13.8. The van der Waals surface area contributed by atoms with Crippen LogP contribution < -0.4 is 10.6 Å². The number of methoxy groups -OCH3 is 1. The third-order valence-electron chi connectivity index (χ3n) is 3.68. The molecular weight excluding hydrogens is 312 g/mol. The number of nitrogens with one attached hydrogen (secondary N) is 2. The molecule has 2 heterocycles. The van der Waals surface area contributed by atoms with Gasteiger partial charge in [0.15, 0.2) is 0 Å². The largest absolute Gasteiger partial charge is 0.383 e. The number of ether oxygens (including phenoxy) is 1. The van der Waals surface area contributed by atoms with Crippen LogP contribution in [0.15, 0.2) is 41.6 Å². The van der Waals surface area contributed by atoms with E-state index < -0.39 is 0 Å². The summed E-state index contributed by atoms with van der Waals surface area (Å²) < 4.78 is 6.75. The third kappa shape index (κ3) is 4.05. The minimum absolute atomic E-state index is 0.0518. The van der Waals surface area contributed by atoms with Gasteiger partial charge in [0, 0.05) is 24.0 Å². The van der Waals surface area contributed by atoms with Gasteiger partial charge in [-0.3, -0.25) is 4.68 Å². The number of rotatable bonds is 5. The molecule has 2 N–H and O–H groups in total. The molecule has 0 aliphatic carbocycles. The molecular formula is C16H20N4O2S. The molecule has 7 heteroatoms. The summed E-state index contributed by atoms with van der Waals surface area (Å²) in [7, 11) is 1.65. The van der Waals surface area contributed by atoms with Crippen molar-refractivity contribution >= 4 is 23.5 Å². The maximum Gasteiger partial charge on any atom is 0.319 e. The number of urea groups is 1. The molecule has 1 aliphatic heterocycles. The molecule has 1 aromatic heterocycles. The Morgan fingerprint density at radius 1 is 1.48 bits per heavy atom. The first-order valence-corrected chi connectivity index (χ1v) is 8.55. The summed E-state index contributed by atoms with van der Waals surface area (Å²) in [6, 6.07) is 8.07. The molecule has 0 radical (unpaired) electrons. The van der Waals surface area contributed by atoms with Crippen molar-refractivity contribution in [3.05, 3.63) is 42.2 Å². The maximum absolute atomic E-state index is 12.2. The lowest BCUT2D eigenvalue weighted by molar-refractivity contribution is 0.183. The Morgan fingerprint density at radius 2 is 2.35 bits per heavy atom. The van der Waals surface area contributed by atoms with E-state index in [1.807, 2.05) is 23.9 Å². The molecule has 0 bridgehead atoms. The summed E-state index contributed by atoms with van der Waals surface area (Å²) >= 11 is 1.84. The zero-order chi connectivity index (χ0) is 16.1. The molecule has 23 heavy (non-hydrogen) atoms. The Kier molecular flexibility index (Phi) is 5.19. The Labute approximate surface area is 139 Å². The topological polar surface area (TPSA) is 68.2 Å². The highest BCUT2D eigenvalue weighted by molar-refractivity contribution is 7.99. The van der Waals surface area contributed by atoms with E-state index in [4.69, 9.17) is 4.74 Å². The van der Waals surface area contributed by atoms with Gasteiger partial charge in [0.25, 0.3) is 0 Å². The predicted octanol–water partition coefficient (Wildman–Crippen LogP) is 2.89. The van der Waals surface area contributed by atoms with E-state index in [-0.39, 0.29) is 12.1 Å². The molecule has 0 saturated carbocycles. The fourth-order valence-corrected chi connectivity index (χ4v) is 3.68. The Bertz CT molecular complexity index is 674. The number of aromatic nitrogens is 2. The molecule has 0 spiro atoms. The molecule has 0 fully saturated rings. The van der Waals surface area contributed by atoms with Crippen LogP contribution in [-0.4, -0.2) is 35.3 Å². The number of benzene rings is 1. The van der Waals surface area contributed by atoms with Crippen molar-refractivity contribution < 1.29 is 9.53 Å². The summed E-state index contributed by atoms with van der Waals surface area (Å²) in [6.45, 7) is 1.25. The molecule has 1 aromatic carbocycles. The average Bonchev–Trinajstić information content (AvgIpc) is 3.00. The number of fused-ring (bicyclic) bond motifs is 1. The molecule has 2 aromatic rings. The maximum atomic E-state index is 12.2. The van der Waals surface area contributed by atoms with Crippen LogP contribution in [0.5, 0.6) is 0 Å². The quantitative estimate of drug-likeness (QED) is 0.883. The van der Waals surface area contributed by atoms with Crippen LogP contribution in [-0.2, 0) is 11.3 Å². The standard InChI is InChI=1S/C16H20N4O2S/c1-22-8-7-20-11-12(10-17-20)18-16(21)19-14-6-9-23-15-5-3-2-4-13(14)15/h2-5,10-11,14H,6-9H2,1H3,(H2,18,19,21)/t14-/m0/s1. The van der Waals surface area contributed by atoms with Crippen LogP contribution in [0.2, 0.25) is 0 Å². The van der Waals surface area contributed by atoms with Gasteiger partial charge < -0.3 is 15.4 Å². The van der Waals surface area contributed by atoms with Crippen LogP contribution in [0.25, 0.3) is 0 Å². The van der Waals surface area contributed by atoms with Crippen molar-refractivity contribution in [1.82, 2.24) is 15.1 Å². The second-order valence-electron chi connectivity index (χ2n) is 5.31. The van der Waals surface area contributed by atoms with Gasteiger partial charge in [-0.15, -0.1) is 11.8 Å². The second kappa shape index (κ2) is 7.52. The number of hydrogen-bond acceptors (Lipinski definition) is 4. The zero-order valence-electron chi connectivity index (χ0n) is 13.0. The minimum atomic E-state index is -0.206. The van der Waals surface area contributed by atoms with Gasteiger partial charge in [-0.25, -0.2) is 4.79 Å². The molecule has 1 atom stereocenters. The Morgan fingerprint density at radius 3 is 3.22 bits per heavy atom. The number of amides is 2. The Balaban J connectivity index is 1.59. The molecule has 0 unspecified atom stereocenters. The first-order valence-electron chi connectivity index (χ1n) is 7.57. The van der Waals surface area contributed by atoms with Crippen LogP contribution in [0.1, 0.15) is 18.0 Å². The molecule has 122 valence electrons. The van der Waals surface area contributed by atoms with E-state index >= 15 is 0 Å². The lowest BCUT2D eigenvalue weighted by atomic mass is 10.0. The molecule has 6 nitrogen and oxygen atoms in total. The summed E-state index contributed by atoms with van der Waals surface area (Å²) in [5.41, 5.74) is 1.87. The van der Waals surface area contributed by atoms with Gasteiger partial charge in [0.1, 0.15) is 0 Å². The fraction of sp³-hybridized carbons (Fsp3) is 0.375. The van der Waals surface area contributed by atoms with E-state index in [0.29, 0.717) is 18.8 Å². The van der Waals surface area contributed by atoms with Crippen molar-refractivity contribution in [1.29, 1.82) is 0 Å². The molecule has 0 saturated heterocycles. The van der Waals surface area contributed by atoms with Gasteiger partial charge >= 0.3 is 6.03 Å².